The summed E-state index contributed by atoms with van der Waals surface area (Å²) in [6.45, 7) is 2.59. The lowest BCUT2D eigenvalue weighted by molar-refractivity contribution is 0.296. The summed E-state index contributed by atoms with van der Waals surface area (Å²) in [6.07, 6.45) is 0. The summed E-state index contributed by atoms with van der Waals surface area (Å²) in [7, 11) is 0. The third kappa shape index (κ3) is 2.93. The van der Waals surface area contributed by atoms with Crippen LogP contribution in [0.2, 0.25) is 0 Å². The van der Waals surface area contributed by atoms with E-state index in [1.54, 1.807) is 0 Å². The first kappa shape index (κ1) is 9.83. The molecule has 0 fully saturated rings. The Hall–Kier alpha value is -1.26. The Morgan fingerprint density at radius 1 is 1.46 bits per heavy atom. The molecule has 13 heavy (non-hydrogen) atoms. The van der Waals surface area contributed by atoms with Crippen molar-refractivity contribution in [3.63, 3.8) is 0 Å². The first-order valence-corrected chi connectivity index (χ1v) is 4.20. The second-order valence-corrected chi connectivity index (χ2v) is 2.87. The molecule has 0 saturated heterocycles. The molecule has 1 aromatic rings. The maximum atomic E-state index is 8.53. The predicted octanol–water partition coefficient (Wildman–Crippen LogP) is 0.486. The second kappa shape index (κ2) is 4.69. The number of nitrogens with one attached hydrogen (secondary N) is 2. The molecular formula is C9H15N3O. The Morgan fingerprint density at radius 3 is 2.92 bits per heavy atom. The normalized spacial score (nSPS) is 10.0. The summed E-state index contributed by atoms with van der Waals surface area (Å²) in [4.78, 5) is 0. The lowest BCUT2D eigenvalue weighted by atomic mass is 10.2. The molecule has 0 radical (unpaired) electrons. The fourth-order valence-corrected chi connectivity index (χ4v) is 0.992. The summed E-state index contributed by atoms with van der Waals surface area (Å²) in [5.41, 5.74) is 14.1. The lowest BCUT2D eigenvalue weighted by Gasteiger charge is -2.10. The van der Waals surface area contributed by atoms with Gasteiger partial charge >= 0.3 is 0 Å². The van der Waals surface area contributed by atoms with Crippen LogP contribution in [0.4, 0.5) is 11.4 Å². The highest BCUT2D eigenvalue weighted by atomic mass is 16.3. The largest absolute Gasteiger partial charge is 0.397 e. The van der Waals surface area contributed by atoms with Gasteiger partial charge in [-0.15, -0.1) is 0 Å². The first-order valence-electron chi connectivity index (χ1n) is 4.20. The van der Waals surface area contributed by atoms with E-state index in [1.165, 1.54) is 0 Å². The van der Waals surface area contributed by atoms with Gasteiger partial charge in [0, 0.05) is 6.54 Å². The molecular weight excluding hydrogens is 166 g/mol. The zero-order valence-electron chi connectivity index (χ0n) is 7.67. The zero-order valence-corrected chi connectivity index (χ0v) is 7.67. The van der Waals surface area contributed by atoms with Crippen LogP contribution in [-0.4, -0.2) is 18.3 Å². The number of aliphatic hydroxyl groups excluding tert-OH is 1. The minimum Gasteiger partial charge on any atom is -0.397 e. The minimum absolute atomic E-state index is 0.0960. The van der Waals surface area contributed by atoms with Crippen LogP contribution in [0.25, 0.3) is 0 Å². The number of hydrazine groups is 1. The zero-order chi connectivity index (χ0) is 9.68. The Morgan fingerprint density at radius 2 is 2.23 bits per heavy atom. The molecule has 4 nitrogen and oxygen atoms in total. The molecule has 0 saturated carbocycles. The van der Waals surface area contributed by atoms with E-state index in [-0.39, 0.29) is 6.61 Å². The second-order valence-electron chi connectivity index (χ2n) is 2.87. The molecule has 1 aromatic carbocycles. The minimum atomic E-state index is 0.0960. The molecule has 0 aliphatic rings. The van der Waals surface area contributed by atoms with Gasteiger partial charge in [-0.3, -0.25) is 0 Å². The number of benzene rings is 1. The van der Waals surface area contributed by atoms with Gasteiger partial charge < -0.3 is 16.3 Å². The molecule has 0 atom stereocenters. The van der Waals surface area contributed by atoms with Crippen molar-refractivity contribution in [1.82, 2.24) is 5.43 Å². The van der Waals surface area contributed by atoms with Gasteiger partial charge in [0.2, 0.25) is 0 Å². The predicted molar refractivity (Wildman–Crippen MR) is 54.3 cm³/mol. The molecule has 5 N–H and O–H groups in total. The Balaban J connectivity index is 2.59. The van der Waals surface area contributed by atoms with Crippen LogP contribution in [0.15, 0.2) is 18.2 Å². The summed E-state index contributed by atoms with van der Waals surface area (Å²) < 4.78 is 0. The van der Waals surface area contributed by atoms with E-state index in [0.717, 1.165) is 11.3 Å². The third-order valence-corrected chi connectivity index (χ3v) is 1.67. The maximum absolute atomic E-state index is 8.53. The van der Waals surface area contributed by atoms with Gasteiger partial charge in [0.1, 0.15) is 0 Å². The van der Waals surface area contributed by atoms with Crippen molar-refractivity contribution in [3.05, 3.63) is 23.8 Å². The molecule has 72 valence electrons. The van der Waals surface area contributed by atoms with Crippen molar-refractivity contribution in [2.75, 3.05) is 24.3 Å². The fraction of sp³-hybridized carbons (Fsp3) is 0.333. The number of anilines is 2. The van der Waals surface area contributed by atoms with Gasteiger partial charge in [-0.25, -0.2) is 5.43 Å². The van der Waals surface area contributed by atoms with Crippen LogP contribution < -0.4 is 16.6 Å². The molecule has 0 heterocycles. The quantitative estimate of drug-likeness (QED) is 0.310. The summed E-state index contributed by atoms with van der Waals surface area (Å²) in [6, 6.07) is 5.74. The molecule has 0 spiro atoms. The number of nitrogen functional groups attached to an aromatic ring is 1. The Labute approximate surface area is 77.7 Å². The van der Waals surface area contributed by atoms with Crippen LogP contribution in [0.5, 0.6) is 0 Å². The molecule has 0 aliphatic heterocycles. The highest BCUT2D eigenvalue weighted by Gasteiger charge is 1.96. The van der Waals surface area contributed by atoms with Crippen molar-refractivity contribution in [2.24, 2.45) is 0 Å². The number of hydrogen-bond acceptors (Lipinski definition) is 4. The number of rotatable bonds is 4. The first-order chi connectivity index (χ1) is 6.24. The smallest absolute Gasteiger partial charge is 0.0720 e. The van der Waals surface area contributed by atoms with Crippen LogP contribution >= 0.6 is 0 Å². The number of hydrogen-bond donors (Lipinski definition) is 4. The van der Waals surface area contributed by atoms with Gasteiger partial charge in [0.25, 0.3) is 0 Å². The van der Waals surface area contributed by atoms with E-state index < -0.39 is 0 Å². The van der Waals surface area contributed by atoms with Crippen LogP contribution in [0.3, 0.4) is 0 Å². The highest BCUT2D eigenvalue weighted by Crippen LogP contribution is 2.18. The van der Waals surface area contributed by atoms with E-state index in [0.29, 0.717) is 12.2 Å². The maximum Gasteiger partial charge on any atom is 0.0720 e. The van der Waals surface area contributed by atoms with Crippen molar-refractivity contribution in [3.8, 4) is 0 Å². The lowest BCUT2D eigenvalue weighted by Crippen LogP contribution is -2.25. The van der Waals surface area contributed by atoms with E-state index in [2.05, 4.69) is 10.9 Å². The van der Waals surface area contributed by atoms with Gasteiger partial charge in [-0.1, -0.05) is 6.07 Å². The average Bonchev–Trinajstić information content (AvgIpc) is 2.11. The fourth-order valence-electron chi connectivity index (χ4n) is 0.992. The van der Waals surface area contributed by atoms with Gasteiger partial charge in [0.05, 0.1) is 18.0 Å². The molecule has 0 aliphatic carbocycles. The monoisotopic (exact) mass is 181 g/mol. The van der Waals surface area contributed by atoms with Crippen LogP contribution in [0, 0.1) is 6.92 Å². The van der Waals surface area contributed by atoms with Crippen molar-refractivity contribution in [2.45, 2.75) is 6.92 Å². The molecule has 0 unspecified atom stereocenters. The van der Waals surface area contributed by atoms with Crippen molar-refractivity contribution >= 4 is 11.4 Å². The standard InChI is InChI=1S/C9H15N3O/c1-7-2-3-8(10)9(6-7)12-11-4-5-13/h2-3,6,11-13H,4-5,10H2,1H3. The van der Waals surface area contributed by atoms with Crippen LogP contribution in [0.1, 0.15) is 5.56 Å². The summed E-state index contributed by atoms with van der Waals surface area (Å²) >= 11 is 0. The number of aryl methyl sites for hydroxylation is 1. The van der Waals surface area contributed by atoms with Crippen molar-refractivity contribution in [1.29, 1.82) is 0 Å². The molecule has 0 bridgehead atoms. The van der Waals surface area contributed by atoms with Crippen molar-refractivity contribution < 1.29 is 5.11 Å². The summed E-state index contributed by atoms with van der Waals surface area (Å²) in [5.74, 6) is 0. The highest BCUT2D eigenvalue weighted by molar-refractivity contribution is 5.66. The van der Waals surface area contributed by atoms with Gasteiger partial charge in [0.15, 0.2) is 0 Å². The Kier molecular flexibility index (Phi) is 3.54. The van der Waals surface area contributed by atoms with E-state index in [9.17, 15) is 0 Å². The van der Waals surface area contributed by atoms with Crippen LogP contribution in [-0.2, 0) is 0 Å². The summed E-state index contributed by atoms with van der Waals surface area (Å²) in [5, 5.41) is 8.53. The van der Waals surface area contributed by atoms with Gasteiger partial charge in [-0.2, -0.15) is 0 Å². The van der Waals surface area contributed by atoms with E-state index >= 15 is 0 Å². The molecule has 4 heteroatoms. The molecule has 0 amide bonds. The number of nitrogens with two attached hydrogens (primary N) is 1. The SMILES string of the molecule is Cc1ccc(N)c(NNCCO)c1. The van der Waals surface area contributed by atoms with Gasteiger partial charge in [-0.05, 0) is 24.6 Å². The third-order valence-electron chi connectivity index (χ3n) is 1.67. The number of aliphatic hydroxyl groups is 1. The van der Waals surface area contributed by atoms with E-state index in [4.69, 9.17) is 10.8 Å². The topological polar surface area (TPSA) is 70.3 Å². The molecule has 1 rings (SSSR count). The average molecular weight is 181 g/mol. The van der Waals surface area contributed by atoms with E-state index in [1.807, 2.05) is 25.1 Å². The Bertz CT molecular complexity index is 276. The molecule has 0 aromatic heterocycles.